The van der Waals surface area contributed by atoms with Crippen molar-refractivity contribution in [3.63, 3.8) is 0 Å². The molecule has 1 aliphatic rings. The minimum atomic E-state index is -1.40. The van der Waals surface area contributed by atoms with Gasteiger partial charge in [0.2, 0.25) is 6.17 Å². The molecule has 3 heteroatoms. The van der Waals surface area contributed by atoms with Gasteiger partial charge in [0, 0.05) is 5.92 Å². The topological polar surface area (TPSA) is 26.3 Å². The van der Waals surface area contributed by atoms with E-state index in [0.29, 0.717) is 0 Å². The molecule has 0 saturated carbocycles. The van der Waals surface area contributed by atoms with E-state index >= 15 is 0 Å². The van der Waals surface area contributed by atoms with Crippen molar-refractivity contribution < 1.29 is 13.9 Å². The molecule has 0 bridgehead atoms. The van der Waals surface area contributed by atoms with Crippen molar-refractivity contribution in [1.82, 2.24) is 0 Å². The number of halogens is 1. The van der Waals surface area contributed by atoms with Gasteiger partial charge in [-0.15, -0.1) is 0 Å². The van der Waals surface area contributed by atoms with Gasteiger partial charge in [-0.2, -0.15) is 0 Å². The van der Waals surface area contributed by atoms with Crippen LogP contribution < -0.4 is 0 Å². The minimum Gasteiger partial charge on any atom is -0.460 e. The van der Waals surface area contributed by atoms with Crippen LogP contribution in [0.2, 0.25) is 0 Å². The van der Waals surface area contributed by atoms with Crippen molar-refractivity contribution in [1.29, 1.82) is 0 Å². The van der Waals surface area contributed by atoms with Crippen LogP contribution in [-0.2, 0) is 9.53 Å². The van der Waals surface area contributed by atoms with Crippen molar-refractivity contribution in [2.75, 3.05) is 0 Å². The normalized spacial score (nSPS) is 43.0. The second-order valence-electron chi connectivity index (χ2n) is 2.40. The lowest BCUT2D eigenvalue weighted by Gasteiger charge is -2.04. The Bertz CT molecular complexity index is 135. The van der Waals surface area contributed by atoms with Gasteiger partial charge in [-0.1, -0.05) is 6.92 Å². The molecular formula is C6H9FO2. The highest BCUT2D eigenvalue weighted by atomic mass is 19.1. The zero-order valence-electron chi connectivity index (χ0n) is 5.43. The first-order chi connectivity index (χ1) is 4.13. The van der Waals surface area contributed by atoms with Gasteiger partial charge >= 0.3 is 5.97 Å². The fourth-order valence-corrected chi connectivity index (χ4v) is 0.808. The molecule has 1 saturated heterocycles. The van der Waals surface area contributed by atoms with Crippen LogP contribution in [-0.4, -0.2) is 18.2 Å². The Morgan fingerprint density at radius 2 is 2.11 bits per heavy atom. The number of carbonyl (C=O) groups is 1. The lowest BCUT2D eigenvalue weighted by Crippen LogP contribution is -2.15. The van der Waals surface area contributed by atoms with E-state index in [2.05, 4.69) is 4.74 Å². The Labute approximate surface area is 53.0 Å². The van der Waals surface area contributed by atoms with Gasteiger partial charge < -0.3 is 4.74 Å². The number of carbonyl (C=O) groups excluding carboxylic acids is 1. The van der Waals surface area contributed by atoms with Crippen molar-refractivity contribution in [2.45, 2.75) is 26.1 Å². The van der Waals surface area contributed by atoms with E-state index in [-0.39, 0.29) is 12.0 Å². The first-order valence-corrected chi connectivity index (χ1v) is 2.97. The molecule has 3 atom stereocenters. The maximum absolute atomic E-state index is 12.5. The third-order valence-electron chi connectivity index (χ3n) is 1.73. The van der Waals surface area contributed by atoms with Crippen molar-refractivity contribution in [3.8, 4) is 0 Å². The smallest absolute Gasteiger partial charge is 0.341 e. The number of rotatable bonds is 0. The van der Waals surface area contributed by atoms with Gasteiger partial charge in [0.25, 0.3) is 0 Å². The number of hydrogen-bond acceptors (Lipinski definition) is 2. The molecule has 1 fully saturated rings. The molecule has 0 aromatic heterocycles. The van der Waals surface area contributed by atoms with Crippen LogP contribution in [0.4, 0.5) is 4.39 Å². The Hall–Kier alpha value is -0.600. The van der Waals surface area contributed by atoms with E-state index < -0.39 is 12.1 Å². The molecule has 1 heterocycles. The fourth-order valence-electron chi connectivity index (χ4n) is 0.808. The lowest BCUT2D eigenvalue weighted by molar-refractivity contribution is -0.144. The predicted octanol–water partition coefficient (Wildman–Crippen LogP) is 0.906. The molecule has 0 N–H and O–H groups in total. The van der Waals surface area contributed by atoms with Gasteiger partial charge in [-0.25, -0.2) is 9.18 Å². The third kappa shape index (κ3) is 0.910. The Balaban J connectivity index is 2.65. The number of alkyl halides is 1. The molecule has 1 aliphatic heterocycles. The van der Waals surface area contributed by atoms with Gasteiger partial charge in [-0.3, -0.25) is 0 Å². The molecule has 1 unspecified atom stereocenters. The van der Waals surface area contributed by atoms with E-state index in [1.165, 1.54) is 0 Å². The summed E-state index contributed by atoms with van der Waals surface area (Å²) in [5, 5.41) is 0. The van der Waals surface area contributed by atoms with Crippen LogP contribution >= 0.6 is 0 Å². The maximum Gasteiger partial charge on any atom is 0.341 e. The summed E-state index contributed by atoms with van der Waals surface area (Å²) in [5.41, 5.74) is 0. The van der Waals surface area contributed by atoms with Gasteiger partial charge in [0.15, 0.2) is 0 Å². The summed E-state index contributed by atoms with van der Waals surface area (Å²) in [6.07, 6.45) is -1.66. The fraction of sp³-hybridized carbons (Fsp3) is 0.833. The molecule has 0 spiro atoms. The molecule has 0 aliphatic carbocycles. The maximum atomic E-state index is 12.5. The Morgan fingerprint density at radius 3 is 2.22 bits per heavy atom. The average molecular weight is 132 g/mol. The van der Waals surface area contributed by atoms with Crippen molar-refractivity contribution >= 4 is 5.97 Å². The van der Waals surface area contributed by atoms with E-state index in [1.54, 1.807) is 13.8 Å². The molecule has 52 valence electrons. The van der Waals surface area contributed by atoms with Crippen molar-refractivity contribution in [3.05, 3.63) is 0 Å². The lowest BCUT2D eigenvalue weighted by atomic mass is 10.0. The summed E-state index contributed by atoms with van der Waals surface area (Å²) in [6.45, 7) is 3.36. The van der Waals surface area contributed by atoms with Crippen LogP contribution in [0.1, 0.15) is 13.8 Å². The standard InChI is InChI=1S/C6H9FO2/c1-3-4(2)9-6(8)5(3)7/h3-5H,1-2H3/t3-,4+,5?/m0/s1. The Morgan fingerprint density at radius 1 is 1.56 bits per heavy atom. The summed E-state index contributed by atoms with van der Waals surface area (Å²) < 4.78 is 17.1. The Kier molecular flexibility index (Phi) is 1.43. The van der Waals surface area contributed by atoms with Gasteiger partial charge in [-0.05, 0) is 6.92 Å². The van der Waals surface area contributed by atoms with Crippen LogP contribution in [0.25, 0.3) is 0 Å². The van der Waals surface area contributed by atoms with E-state index in [1.807, 2.05) is 0 Å². The zero-order valence-corrected chi connectivity index (χ0v) is 5.43. The minimum absolute atomic E-state index is 0.257. The number of esters is 1. The SMILES string of the molecule is C[C@@H]1C(F)C(=O)O[C@@H]1C. The second-order valence-corrected chi connectivity index (χ2v) is 2.40. The monoisotopic (exact) mass is 132 g/mol. The summed E-state index contributed by atoms with van der Waals surface area (Å²) in [6, 6.07) is 0. The molecule has 0 radical (unpaired) electrons. The first-order valence-electron chi connectivity index (χ1n) is 2.97. The average Bonchev–Trinajstić information content (AvgIpc) is 1.98. The summed E-state index contributed by atoms with van der Waals surface area (Å²) in [5.74, 6) is -0.993. The second kappa shape index (κ2) is 1.97. The number of cyclic esters (lactones) is 1. The quantitative estimate of drug-likeness (QED) is 0.458. The van der Waals surface area contributed by atoms with Gasteiger partial charge in [0.05, 0.1) is 0 Å². The zero-order chi connectivity index (χ0) is 7.02. The van der Waals surface area contributed by atoms with Crippen LogP contribution in [0.15, 0.2) is 0 Å². The molecule has 0 aromatic carbocycles. The number of ether oxygens (including phenoxy) is 1. The van der Waals surface area contributed by atoms with E-state index in [9.17, 15) is 9.18 Å². The number of hydrogen-bond donors (Lipinski definition) is 0. The summed E-state index contributed by atoms with van der Waals surface area (Å²) >= 11 is 0. The molecule has 2 nitrogen and oxygen atoms in total. The highest BCUT2D eigenvalue weighted by molar-refractivity contribution is 5.77. The molecular weight excluding hydrogens is 123 g/mol. The summed E-state index contributed by atoms with van der Waals surface area (Å²) in [4.78, 5) is 10.4. The highest BCUT2D eigenvalue weighted by Crippen LogP contribution is 2.23. The molecule has 0 aromatic rings. The van der Waals surface area contributed by atoms with E-state index in [4.69, 9.17) is 0 Å². The summed E-state index contributed by atoms with van der Waals surface area (Å²) in [7, 11) is 0. The van der Waals surface area contributed by atoms with E-state index in [0.717, 1.165) is 0 Å². The largest absolute Gasteiger partial charge is 0.460 e. The van der Waals surface area contributed by atoms with Crippen molar-refractivity contribution in [2.24, 2.45) is 5.92 Å². The predicted molar refractivity (Wildman–Crippen MR) is 29.6 cm³/mol. The first kappa shape index (κ1) is 6.52. The highest BCUT2D eigenvalue weighted by Gasteiger charge is 2.39. The molecule has 0 amide bonds. The third-order valence-corrected chi connectivity index (χ3v) is 1.73. The van der Waals surface area contributed by atoms with Crippen LogP contribution in [0.3, 0.4) is 0 Å². The van der Waals surface area contributed by atoms with Crippen LogP contribution in [0, 0.1) is 5.92 Å². The van der Waals surface area contributed by atoms with Crippen LogP contribution in [0.5, 0.6) is 0 Å². The van der Waals surface area contributed by atoms with Gasteiger partial charge in [0.1, 0.15) is 6.10 Å². The molecule has 9 heavy (non-hydrogen) atoms. The molecule has 1 rings (SSSR count).